The van der Waals surface area contributed by atoms with Gasteiger partial charge in [0.2, 0.25) is 5.88 Å². The van der Waals surface area contributed by atoms with Gasteiger partial charge in [0.1, 0.15) is 0 Å². The van der Waals surface area contributed by atoms with E-state index in [9.17, 15) is 8.42 Å². The van der Waals surface area contributed by atoms with Crippen LogP contribution < -0.4 is 0 Å². The largest absolute Gasteiger partial charge is 0.349 e. The highest BCUT2D eigenvalue weighted by molar-refractivity contribution is 7.90. The molecule has 1 fully saturated rings. The van der Waals surface area contributed by atoms with Gasteiger partial charge in [-0.15, -0.1) is 0 Å². The van der Waals surface area contributed by atoms with E-state index in [-0.39, 0.29) is 3.89 Å². The minimum Gasteiger partial charge on any atom is -0.199 e. The molecule has 0 amide bonds. The molecule has 0 aromatic rings. The molecule has 0 aliphatic carbocycles. The van der Waals surface area contributed by atoms with Crippen LogP contribution in [0.15, 0.2) is 0 Å². The molecule has 4 heteroatoms. The van der Waals surface area contributed by atoms with Gasteiger partial charge in [-0.1, -0.05) is 0 Å². The molecule has 1 saturated heterocycles. The quantitative estimate of drug-likeness (QED) is 0.368. The van der Waals surface area contributed by atoms with Crippen LogP contribution in [-0.2, 0) is 10.0 Å². The van der Waals surface area contributed by atoms with Crippen molar-refractivity contribution in [2.45, 2.75) is 6.92 Å². The smallest absolute Gasteiger partial charge is 0.199 e. The van der Waals surface area contributed by atoms with Crippen molar-refractivity contribution >= 4 is 10.0 Å². The van der Waals surface area contributed by atoms with Gasteiger partial charge in [-0.25, -0.2) is 0 Å². The maximum atomic E-state index is 10.6. The highest BCUT2D eigenvalue weighted by Crippen LogP contribution is 2.28. The number of sulfonamides is 1. The number of rotatable bonds is 1. The first-order valence-electron chi connectivity index (χ1n) is 2.59. The first-order valence-corrected chi connectivity index (χ1v) is 4.20. The van der Waals surface area contributed by atoms with Gasteiger partial charge in [-0.3, -0.25) is 0 Å². The van der Waals surface area contributed by atoms with Crippen LogP contribution in [0.5, 0.6) is 0 Å². The van der Waals surface area contributed by atoms with Crippen LogP contribution in [0.4, 0.5) is 0 Å². The van der Waals surface area contributed by atoms with Crippen molar-refractivity contribution in [3.05, 3.63) is 0 Å². The van der Waals surface area contributed by atoms with Crippen molar-refractivity contribution in [1.29, 1.82) is 0 Å². The van der Waals surface area contributed by atoms with E-state index in [2.05, 4.69) is 0 Å². The molecule has 1 aliphatic heterocycles. The lowest BCUT2D eigenvalue weighted by Crippen LogP contribution is -2.20. The molecule has 1 atom stereocenters. The molecule has 48 valence electrons. The minimum absolute atomic E-state index is 0.243. The van der Waals surface area contributed by atoms with Crippen LogP contribution in [0.3, 0.4) is 0 Å². The Morgan fingerprint density at radius 2 is 2.00 bits per heavy atom. The van der Waals surface area contributed by atoms with Crippen molar-refractivity contribution < 1.29 is 12.3 Å². The molecular formula is C4H10NO2S+. The van der Waals surface area contributed by atoms with Crippen LogP contribution in [0.25, 0.3) is 0 Å². The zero-order chi connectivity index (χ0) is 6.41. The molecule has 0 saturated carbocycles. The summed E-state index contributed by atoms with van der Waals surface area (Å²) in [5.41, 5.74) is 0. The third-order valence-corrected chi connectivity index (χ3v) is 4.03. The number of quaternary nitrogens is 1. The molecule has 8 heavy (non-hydrogen) atoms. The summed E-state index contributed by atoms with van der Waals surface area (Å²) < 4.78 is 21.4. The summed E-state index contributed by atoms with van der Waals surface area (Å²) in [7, 11) is -0.938. The number of hydrogen-bond donors (Lipinski definition) is 0. The standard InChI is InChI=1S/C4H10NO2S/c1-3-5(2)4-8(5,6)7/h3-4H2,1-2H3/q+1. The zero-order valence-electron chi connectivity index (χ0n) is 5.09. The Labute approximate surface area is 49.6 Å². The maximum Gasteiger partial charge on any atom is 0.349 e. The van der Waals surface area contributed by atoms with Crippen LogP contribution in [-0.4, -0.2) is 31.8 Å². The highest BCUT2D eigenvalue weighted by atomic mass is 32.2. The Bertz CT molecular complexity index is 196. The Hall–Kier alpha value is -0.0900. The van der Waals surface area contributed by atoms with E-state index in [0.29, 0.717) is 12.4 Å². The van der Waals surface area contributed by atoms with Crippen LogP contribution in [0.1, 0.15) is 6.92 Å². The lowest BCUT2D eigenvalue weighted by molar-refractivity contribution is -0.706. The van der Waals surface area contributed by atoms with E-state index in [1.54, 1.807) is 7.05 Å². The lowest BCUT2D eigenvalue weighted by Gasteiger charge is -1.99. The molecule has 0 radical (unpaired) electrons. The van der Waals surface area contributed by atoms with Gasteiger partial charge in [-0.2, -0.15) is 12.3 Å². The molecule has 0 N–H and O–H groups in total. The molecule has 1 aliphatic rings. The topological polar surface area (TPSA) is 34.1 Å². The van der Waals surface area contributed by atoms with Crippen molar-refractivity contribution in [2.24, 2.45) is 0 Å². The molecule has 1 heterocycles. The lowest BCUT2D eigenvalue weighted by atomic mass is 10.7. The number of nitrogens with zero attached hydrogens (tertiary/aromatic N) is 1. The van der Waals surface area contributed by atoms with E-state index >= 15 is 0 Å². The average molecular weight is 136 g/mol. The normalized spacial score (nSPS) is 41.8. The second-order valence-electron chi connectivity index (χ2n) is 2.32. The summed E-state index contributed by atoms with van der Waals surface area (Å²) >= 11 is 0. The Morgan fingerprint density at radius 3 is 2.00 bits per heavy atom. The van der Waals surface area contributed by atoms with Gasteiger partial charge < -0.3 is 0 Å². The fraction of sp³-hybridized carbons (Fsp3) is 1.00. The van der Waals surface area contributed by atoms with E-state index in [0.717, 1.165) is 0 Å². The molecule has 0 aromatic heterocycles. The van der Waals surface area contributed by atoms with Gasteiger partial charge in [-0.05, 0) is 6.92 Å². The SMILES string of the molecule is CC[N+]1(C)CS1(=O)=O. The Kier molecular flexibility index (Phi) is 0.941. The first-order chi connectivity index (χ1) is 3.52. The predicted molar refractivity (Wildman–Crippen MR) is 30.5 cm³/mol. The van der Waals surface area contributed by atoms with Gasteiger partial charge in [0.25, 0.3) is 0 Å². The second kappa shape index (κ2) is 1.25. The average Bonchev–Trinajstić information content (AvgIpc) is 2.10. The van der Waals surface area contributed by atoms with Crippen molar-refractivity contribution in [3.63, 3.8) is 0 Å². The van der Waals surface area contributed by atoms with Crippen molar-refractivity contribution in [2.75, 3.05) is 19.5 Å². The molecule has 3 nitrogen and oxygen atoms in total. The second-order valence-corrected chi connectivity index (χ2v) is 4.63. The maximum absolute atomic E-state index is 10.6. The summed E-state index contributed by atoms with van der Waals surface area (Å²) in [5, 5.41) is 0. The summed E-state index contributed by atoms with van der Waals surface area (Å²) in [6.45, 7) is 2.58. The third kappa shape index (κ3) is 0.563. The van der Waals surface area contributed by atoms with Gasteiger partial charge in [0.15, 0.2) is 0 Å². The van der Waals surface area contributed by atoms with Crippen molar-refractivity contribution in [3.8, 4) is 0 Å². The molecule has 1 rings (SSSR count). The minimum atomic E-state index is -2.67. The number of hydrogen-bond acceptors (Lipinski definition) is 2. The van der Waals surface area contributed by atoms with Crippen LogP contribution in [0, 0.1) is 0 Å². The summed E-state index contributed by atoms with van der Waals surface area (Å²) in [5.74, 6) is 0.337. The fourth-order valence-corrected chi connectivity index (χ4v) is 2.09. The molecule has 0 spiro atoms. The summed E-state index contributed by atoms with van der Waals surface area (Å²) in [6, 6.07) is 0. The van der Waals surface area contributed by atoms with Gasteiger partial charge in [0.05, 0.1) is 13.6 Å². The van der Waals surface area contributed by atoms with Crippen LogP contribution >= 0.6 is 0 Å². The Morgan fingerprint density at radius 1 is 1.62 bits per heavy atom. The zero-order valence-corrected chi connectivity index (χ0v) is 5.90. The van der Waals surface area contributed by atoms with E-state index in [1.165, 1.54) is 0 Å². The molecule has 1 unspecified atom stereocenters. The highest BCUT2D eigenvalue weighted by Gasteiger charge is 2.57. The van der Waals surface area contributed by atoms with E-state index in [4.69, 9.17) is 0 Å². The van der Waals surface area contributed by atoms with Gasteiger partial charge >= 0.3 is 10.0 Å². The Balaban J connectivity index is 2.84. The summed E-state index contributed by atoms with van der Waals surface area (Å²) in [4.78, 5) is 0. The van der Waals surface area contributed by atoms with E-state index in [1.807, 2.05) is 6.92 Å². The monoisotopic (exact) mass is 136 g/mol. The van der Waals surface area contributed by atoms with Crippen molar-refractivity contribution in [1.82, 2.24) is 0 Å². The predicted octanol–water partition coefficient (Wildman–Crippen LogP) is -0.246. The molecule has 0 bridgehead atoms. The molecular weight excluding hydrogens is 126 g/mol. The van der Waals surface area contributed by atoms with E-state index < -0.39 is 10.0 Å². The fourth-order valence-electron chi connectivity index (χ4n) is 0.610. The van der Waals surface area contributed by atoms with Gasteiger partial charge in [0, 0.05) is 0 Å². The molecule has 0 aromatic carbocycles. The third-order valence-electron chi connectivity index (χ3n) is 1.70. The first kappa shape index (κ1) is 6.04. The summed E-state index contributed by atoms with van der Waals surface area (Å²) in [6.07, 6.45) is 0. The van der Waals surface area contributed by atoms with Crippen LogP contribution in [0.2, 0.25) is 0 Å².